The Bertz CT molecular complexity index is 1450. The van der Waals surface area contributed by atoms with Crippen molar-refractivity contribution in [2.24, 2.45) is 0 Å². The molecule has 11 heteroatoms. The second-order valence-corrected chi connectivity index (χ2v) is 9.51. The van der Waals surface area contributed by atoms with E-state index in [1.165, 1.54) is 12.4 Å². The third kappa shape index (κ3) is 7.62. The third-order valence-corrected chi connectivity index (χ3v) is 5.28. The van der Waals surface area contributed by atoms with Gasteiger partial charge in [0.25, 0.3) is 5.91 Å². The number of amides is 2. The van der Waals surface area contributed by atoms with Crippen LogP contribution in [0.15, 0.2) is 67.1 Å². The molecule has 0 radical (unpaired) electrons. The summed E-state index contributed by atoms with van der Waals surface area (Å²) >= 11 is 0. The Morgan fingerprint density at radius 3 is 2.46 bits per heavy atom. The lowest BCUT2D eigenvalue weighted by Crippen LogP contribution is -2.27. The van der Waals surface area contributed by atoms with E-state index in [-0.39, 0.29) is 25.5 Å². The van der Waals surface area contributed by atoms with E-state index in [1.807, 2.05) is 63.2 Å². The van der Waals surface area contributed by atoms with Gasteiger partial charge in [0.1, 0.15) is 35.3 Å². The molecule has 0 spiro atoms. The Kier molecular flexibility index (Phi) is 8.52. The number of benzene rings is 2. The second kappa shape index (κ2) is 12.2. The number of nitrogens with zero attached hydrogens (tertiary/aromatic N) is 3. The minimum atomic E-state index is -0.603. The number of fused-ring (bicyclic) bond motifs is 1. The maximum Gasteiger partial charge on any atom is 0.412 e. The van der Waals surface area contributed by atoms with E-state index in [9.17, 15) is 9.59 Å². The lowest BCUT2D eigenvalue weighted by molar-refractivity contribution is 0.0636. The zero-order valence-electron chi connectivity index (χ0n) is 21.9. The molecule has 4 rings (SSSR count). The summed E-state index contributed by atoms with van der Waals surface area (Å²) in [5.41, 5.74) is 1.03. The van der Waals surface area contributed by atoms with Crippen molar-refractivity contribution < 1.29 is 24.2 Å². The van der Waals surface area contributed by atoms with Crippen LogP contribution in [0.1, 0.15) is 36.8 Å². The van der Waals surface area contributed by atoms with Crippen LogP contribution in [0, 0.1) is 0 Å². The molecule has 0 aliphatic heterocycles. The molecule has 11 nitrogen and oxygen atoms in total. The van der Waals surface area contributed by atoms with Crippen molar-refractivity contribution in [3.63, 3.8) is 0 Å². The molecule has 2 amide bonds. The topological polar surface area (TPSA) is 148 Å². The molecule has 202 valence electrons. The molecule has 0 aliphatic carbocycles. The van der Waals surface area contributed by atoms with E-state index in [2.05, 4.69) is 30.9 Å². The Hall–Kier alpha value is -4.77. The molecule has 0 saturated carbocycles. The predicted octanol–water partition coefficient (Wildman–Crippen LogP) is 4.42. The average molecular weight is 531 g/mol. The lowest BCUT2D eigenvalue weighted by atomic mass is 10.1. The maximum atomic E-state index is 12.3. The Morgan fingerprint density at radius 1 is 0.949 bits per heavy atom. The molecular weight excluding hydrogens is 500 g/mol. The molecule has 0 bridgehead atoms. The van der Waals surface area contributed by atoms with E-state index < -0.39 is 17.6 Å². The van der Waals surface area contributed by atoms with E-state index in [1.54, 1.807) is 12.3 Å². The number of carbonyl (C=O) groups excluding carboxylic acids is 2. The van der Waals surface area contributed by atoms with Gasteiger partial charge in [-0.1, -0.05) is 24.3 Å². The summed E-state index contributed by atoms with van der Waals surface area (Å²) in [4.78, 5) is 36.8. The highest BCUT2D eigenvalue weighted by Crippen LogP contribution is 2.32. The number of rotatable bonds is 9. The number of hydrogen-bond acceptors (Lipinski definition) is 9. The second-order valence-electron chi connectivity index (χ2n) is 9.51. The SMILES string of the molecule is CC(C)(C)OC(=O)Nc1ccc(OCc2ccnc(Nc3cnc(C(=O)NCCO)cn3)c2)c2ccccc12. The highest BCUT2D eigenvalue weighted by molar-refractivity contribution is 6.02. The summed E-state index contributed by atoms with van der Waals surface area (Å²) < 4.78 is 11.5. The van der Waals surface area contributed by atoms with Crippen molar-refractivity contribution >= 4 is 40.1 Å². The summed E-state index contributed by atoms with van der Waals surface area (Å²) in [6.07, 6.45) is 3.89. The van der Waals surface area contributed by atoms with Crippen molar-refractivity contribution in [3.8, 4) is 5.75 Å². The highest BCUT2D eigenvalue weighted by Gasteiger charge is 2.17. The minimum absolute atomic E-state index is 0.141. The summed E-state index contributed by atoms with van der Waals surface area (Å²) in [5, 5.41) is 18.9. The van der Waals surface area contributed by atoms with Crippen LogP contribution in [0.2, 0.25) is 0 Å². The molecule has 0 saturated heterocycles. The van der Waals surface area contributed by atoms with Crippen molar-refractivity contribution in [1.82, 2.24) is 20.3 Å². The Balaban J connectivity index is 1.43. The number of pyridine rings is 1. The fraction of sp³-hybridized carbons (Fsp3) is 0.250. The number of aliphatic hydroxyl groups excluding tert-OH is 1. The average Bonchev–Trinajstić information content (AvgIpc) is 2.91. The molecule has 0 aliphatic rings. The number of ether oxygens (including phenoxy) is 2. The summed E-state index contributed by atoms with van der Waals surface area (Å²) in [7, 11) is 0. The van der Waals surface area contributed by atoms with Gasteiger partial charge in [-0.05, 0) is 50.6 Å². The van der Waals surface area contributed by atoms with Crippen LogP contribution in [0.5, 0.6) is 5.75 Å². The molecule has 2 aromatic heterocycles. The van der Waals surface area contributed by atoms with Crippen LogP contribution >= 0.6 is 0 Å². The van der Waals surface area contributed by atoms with Crippen LogP contribution in [0.4, 0.5) is 22.1 Å². The molecule has 4 aromatic rings. The molecular formula is C28H30N6O5. The van der Waals surface area contributed by atoms with Crippen LogP contribution in [0.25, 0.3) is 10.8 Å². The molecule has 0 atom stereocenters. The van der Waals surface area contributed by atoms with E-state index in [4.69, 9.17) is 14.6 Å². The zero-order valence-corrected chi connectivity index (χ0v) is 21.9. The lowest BCUT2D eigenvalue weighted by Gasteiger charge is -2.20. The summed E-state index contributed by atoms with van der Waals surface area (Å²) in [6.45, 7) is 5.70. The standard InChI is InChI=1S/C28H30N6O5/c1-28(2,3)39-27(37)33-21-8-9-23(20-7-5-4-6-19(20)21)38-17-18-10-11-29-24(14-18)34-25-16-31-22(15-32-25)26(36)30-12-13-35/h4-11,14-16,35H,12-13,17H2,1-3H3,(H,30,36)(H,33,37)(H,29,32,34). The Labute approximate surface area is 225 Å². The maximum absolute atomic E-state index is 12.3. The first-order chi connectivity index (χ1) is 18.7. The number of carbonyl (C=O) groups is 2. The largest absolute Gasteiger partial charge is 0.488 e. The van der Waals surface area contributed by atoms with Gasteiger partial charge in [-0.15, -0.1) is 0 Å². The molecule has 39 heavy (non-hydrogen) atoms. The quantitative estimate of drug-likeness (QED) is 0.247. The fourth-order valence-electron chi connectivity index (χ4n) is 3.61. The van der Waals surface area contributed by atoms with Gasteiger partial charge in [0.05, 0.1) is 24.7 Å². The number of aliphatic hydroxyl groups is 1. The van der Waals surface area contributed by atoms with Gasteiger partial charge in [-0.2, -0.15) is 0 Å². The molecule has 4 N–H and O–H groups in total. The zero-order chi connectivity index (χ0) is 27.8. The normalized spacial score (nSPS) is 11.1. The molecule has 2 heterocycles. The minimum Gasteiger partial charge on any atom is -0.488 e. The Morgan fingerprint density at radius 2 is 1.74 bits per heavy atom. The number of aromatic nitrogens is 3. The van der Waals surface area contributed by atoms with Gasteiger partial charge in [-0.25, -0.2) is 19.7 Å². The predicted molar refractivity (Wildman–Crippen MR) is 147 cm³/mol. The first-order valence-corrected chi connectivity index (χ1v) is 12.3. The van der Waals surface area contributed by atoms with Gasteiger partial charge >= 0.3 is 6.09 Å². The van der Waals surface area contributed by atoms with Gasteiger partial charge in [0, 0.05) is 23.5 Å². The van der Waals surface area contributed by atoms with Crippen molar-refractivity contribution in [3.05, 3.63) is 78.4 Å². The number of hydrogen-bond donors (Lipinski definition) is 4. The monoisotopic (exact) mass is 530 g/mol. The van der Waals surface area contributed by atoms with E-state index in [0.29, 0.717) is 23.1 Å². The van der Waals surface area contributed by atoms with Crippen LogP contribution in [-0.2, 0) is 11.3 Å². The van der Waals surface area contributed by atoms with Crippen molar-refractivity contribution in [2.75, 3.05) is 23.8 Å². The number of anilines is 3. The van der Waals surface area contributed by atoms with Gasteiger partial charge < -0.3 is 25.2 Å². The van der Waals surface area contributed by atoms with Crippen LogP contribution in [0.3, 0.4) is 0 Å². The van der Waals surface area contributed by atoms with Crippen LogP contribution in [-0.4, -0.2) is 50.8 Å². The van der Waals surface area contributed by atoms with E-state index >= 15 is 0 Å². The first-order valence-electron chi connectivity index (χ1n) is 12.3. The fourth-order valence-corrected chi connectivity index (χ4v) is 3.61. The number of nitrogens with one attached hydrogen (secondary N) is 3. The molecule has 2 aromatic carbocycles. The van der Waals surface area contributed by atoms with Crippen molar-refractivity contribution in [1.29, 1.82) is 0 Å². The van der Waals surface area contributed by atoms with Crippen molar-refractivity contribution in [2.45, 2.75) is 33.0 Å². The summed E-state index contributed by atoms with van der Waals surface area (Å²) in [5.74, 6) is 1.19. The highest BCUT2D eigenvalue weighted by atomic mass is 16.6. The third-order valence-electron chi connectivity index (χ3n) is 5.28. The molecule has 0 fully saturated rings. The summed E-state index contributed by atoms with van der Waals surface area (Å²) in [6, 6.07) is 14.9. The van der Waals surface area contributed by atoms with E-state index in [0.717, 1.165) is 16.3 Å². The first kappa shape index (κ1) is 27.3. The van der Waals surface area contributed by atoms with Crippen LogP contribution < -0.4 is 20.7 Å². The van der Waals surface area contributed by atoms with Gasteiger partial charge in [0.2, 0.25) is 0 Å². The smallest absolute Gasteiger partial charge is 0.412 e. The molecule has 0 unspecified atom stereocenters. The van der Waals surface area contributed by atoms with Gasteiger partial charge in [-0.3, -0.25) is 10.1 Å². The van der Waals surface area contributed by atoms with Gasteiger partial charge in [0.15, 0.2) is 0 Å².